The molecule has 1 aliphatic rings. The number of carbonyl (C=O) groups is 2. The maximum Gasteiger partial charge on any atom is 0.227 e. The lowest BCUT2D eigenvalue weighted by Gasteiger charge is -2.29. The summed E-state index contributed by atoms with van der Waals surface area (Å²) in [6, 6.07) is 14.5. The van der Waals surface area contributed by atoms with E-state index in [0.717, 1.165) is 16.3 Å². The Labute approximate surface area is 175 Å². The Hall–Kier alpha value is -2.54. The number of carbonyl (C=O) groups excluding carboxylic acids is 2. The highest BCUT2D eigenvalue weighted by atomic mass is 32.2. The van der Waals surface area contributed by atoms with E-state index >= 15 is 0 Å². The highest BCUT2D eigenvalue weighted by molar-refractivity contribution is 7.99. The second kappa shape index (κ2) is 10.3. The van der Waals surface area contributed by atoms with E-state index in [2.05, 4.69) is 5.32 Å². The molecule has 0 spiro atoms. The molecule has 2 aromatic rings. The smallest absolute Gasteiger partial charge is 0.227 e. The fraction of sp³-hybridized carbons (Fsp3) is 0.364. The average Bonchev–Trinajstić information content (AvgIpc) is 2.74. The Morgan fingerprint density at radius 1 is 1.14 bits per heavy atom. The molecule has 29 heavy (non-hydrogen) atoms. The van der Waals surface area contributed by atoms with Crippen molar-refractivity contribution in [3.8, 4) is 0 Å². The van der Waals surface area contributed by atoms with Gasteiger partial charge in [-0.05, 0) is 30.7 Å². The first-order valence-electron chi connectivity index (χ1n) is 9.81. The molecule has 2 amide bonds. The van der Waals surface area contributed by atoms with E-state index in [1.807, 2.05) is 36.2 Å². The summed E-state index contributed by atoms with van der Waals surface area (Å²) in [6.45, 7) is 1.79. The molecule has 154 valence electrons. The van der Waals surface area contributed by atoms with Crippen LogP contribution in [0, 0.1) is 5.82 Å². The number of para-hydroxylation sites is 2. The molecule has 0 bridgehead atoms. The van der Waals surface area contributed by atoms with Gasteiger partial charge < -0.3 is 15.1 Å². The summed E-state index contributed by atoms with van der Waals surface area (Å²) in [4.78, 5) is 29.4. The Kier molecular flexibility index (Phi) is 7.52. The van der Waals surface area contributed by atoms with Crippen molar-refractivity contribution in [3.63, 3.8) is 0 Å². The van der Waals surface area contributed by atoms with E-state index in [4.69, 9.17) is 0 Å². The van der Waals surface area contributed by atoms with Gasteiger partial charge >= 0.3 is 0 Å². The van der Waals surface area contributed by atoms with Gasteiger partial charge in [0.25, 0.3) is 0 Å². The zero-order chi connectivity index (χ0) is 20.6. The molecular formula is C22H26FN3O2S. The number of nitrogens with one attached hydrogen (secondary N) is 1. The number of benzene rings is 2. The van der Waals surface area contributed by atoms with Crippen LogP contribution >= 0.6 is 11.8 Å². The Bertz CT molecular complexity index is 861. The van der Waals surface area contributed by atoms with Crippen molar-refractivity contribution in [2.45, 2.75) is 24.2 Å². The van der Waals surface area contributed by atoms with Crippen LogP contribution in [0.5, 0.6) is 0 Å². The summed E-state index contributed by atoms with van der Waals surface area (Å²) >= 11 is 1.75. The minimum atomic E-state index is -0.254. The minimum Gasteiger partial charge on any atom is -0.372 e. The van der Waals surface area contributed by atoms with Crippen molar-refractivity contribution in [2.75, 3.05) is 42.2 Å². The van der Waals surface area contributed by atoms with Crippen LogP contribution in [0.3, 0.4) is 0 Å². The molecule has 0 atom stereocenters. The lowest BCUT2D eigenvalue weighted by Crippen LogP contribution is -2.36. The van der Waals surface area contributed by atoms with Crippen molar-refractivity contribution >= 4 is 35.0 Å². The molecular weight excluding hydrogens is 389 g/mol. The standard InChI is InChI=1S/C22H26FN3O2S/c1-25(18-8-3-2-7-17(18)23)14-6-13-24-21(27)11-12-22(28)26-15-16-29-20-10-5-4-9-19(20)26/h2-5,7-10H,6,11-16H2,1H3,(H,24,27). The molecule has 1 aliphatic heterocycles. The monoisotopic (exact) mass is 415 g/mol. The predicted octanol–water partition coefficient (Wildman–Crippen LogP) is 3.69. The molecule has 0 saturated carbocycles. The summed E-state index contributed by atoms with van der Waals surface area (Å²) in [6.07, 6.45) is 1.06. The third-order valence-corrected chi connectivity index (χ3v) is 5.89. The summed E-state index contributed by atoms with van der Waals surface area (Å²) in [5.41, 5.74) is 1.48. The van der Waals surface area contributed by atoms with Gasteiger partial charge in [-0.15, -0.1) is 11.8 Å². The third-order valence-electron chi connectivity index (χ3n) is 4.85. The van der Waals surface area contributed by atoms with Crippen LogP contribution in [0.4, 0.5) is 15.8 Å². The summed E-state index contributed by atoms with van der Waals surface area (Å²) in [5, 5.41) is 2.85. The second-order valence-electron chi connectivity index (χ2n) is 6.94. The Morgan fingerprint density at radius 3 is 2.72 bits per heavy atom. The fourth-order valence-corrected chi connectivity index (χ4v) is 4.29. The van der Waals surface area contributed by atoms with Crippen LogP contribution in [-0.4, -0.2) is 44.2 Å². The summed E-state index contributed by atoms with van der Waals surface area (Å²) < 4.78 is 13.8. The van der Waals surface area contributed by atoms with E-state index in [1.54, 1.807) is 34.9 Å². The molecule has 5 nitrogen and oxygen atoms in total. The SMILES string of the molecule is CN(CCCNC(=O)CCC(=O)N1CCSc2ccccc21)c1ccccc1F. The van der Waals surface area contributed by atoms with Gasteiger partial charge in [0.15, 0.2) is 0 Å². The van der Waals surface area contributed by atoms with E-state index in [0.29, 0.717) is 31.7 Å². The van der Waals surface area contributed by atoms with Crippen LogP contribution in [0.2, 0.25) is 0 Å². The largest absolute Gasteiger partial charge is 0.372 e. The first-order valence-corrected chi connectivity index (χ1v) is 10.8. The molecule has 1 N–H and O–H groups in total. The van der Waals surface area contributed by atoms with Gasteiger partial charge in [0.2, 0.25) is 11.8 Å². The molecule has 2 aromatic carbocycles. The van der Waals surface area contributed by atoms with Crippen molar-refractivity contribution in [1.82, 2.24) is 5.32 Å². The molecule has 1 heterocycles. The maximum atomic E-state index is 13.8. The zero-order valence-corrected chi connectivity index (χ0v) is 17.4. The van der Waals surface area contributed by atoms with Gasteiger partial charge in [-0.25, -0.2) is 4.39 Å². The lowest BCUT2D eigenvalue weighted by molar-refractivity contribution is -0.125. The number of hydrogen-bond donors (Lipinski definition) is 1. The number of halogens is 1. The maximum absolute atomic E-state index is 13.8. The second-order valence-corrected chi connectivity index (χ2v) is 8.07. The van der Waals surface area contributed by atoms with Gasteiger partial charge in [-0.3, -0.25) is 9.59 Å². The molecule has 0 aromatic heterocycles. The quantitative estimate of drug-likeness (QED) is 0.668. The predicted molar refractivity (Wildman–Crippen MR) is 116 cm³/mol. The normalized spacial score (nSPS) is 13.0. The number of rotatable bonds is 8. The molecule has 0 unspecified atom stereocenters. The average molecular weight is 416 g/mol. The molecule has 3 rings (SSSR count). The number of fused-ring (bicyclic) bond motifs is 1. The van der Waals surface area contributed by atoms with Crippen LogP contribution < -0.4 is 15.1 Å². The van der Waals surface area contributed by atoms with Crippen LogP contribution in [0.1, 0.15) is 19.3 Å². The van der Waals surface area contributed by atoms with E-state index < -0.39 is 0 Å². The molecule has 0 aliphatic carbocycles. The van der Waals surface area contributed by atoms with Crippen LogP contribution in [-0.2, 0) is 9.59 Å². The highest BCUT2D eigenvalue weighted by Crippen LogP contribution is 2.34. The fourth-order valence-electron chi connectivity index (χ4n) is 3.30. The van der Waals surface area contributed by atoms with Gasteiger partial charge in [0.05, 0.1) is 11.4 Å². The van der Waals surface area contributed by atoms with Crippen molar-refractivity contribution in [2.24, 2.45) is 0 Å². The molecule has 0 radical (unpaired) electrons. The Balaban J connectivity index is 1.37. The number of thioether (sulfide) groups is 1. The number of hydrogen-bond acceptors (Lipinski definition) is 4. The highest BCUT2D eigenvalue weighted by Gasteiger charge is 2.22. The Morgan fingerprint density at radius 2 is 1.90 bits per heavy atom. The van der Waals surface area contributed by atoms with Crippen molar-refractivity contribution in [1.29, 1.82) is 0 Å². The molecule has 7 heteroatoms. The lowest BCUT2D eigenvalue weighted by atomic mass is 10.2. The third kappa shape index (κ3) is 5.73. The first kappa shape index (κ1) is 21.2. The van der Waals surface area contributed by atoms with E-state index in [-0.39, 0.29) is 30.5 Å². The van der Waals surface area contributed by atoms with Gasteiger partial charge in [-0.1, -0.05) is 24.3 Å². The van der Waals surface area contributed by atoms with Crippen molar-refractivity contribution < 1.29 is 14.0 Å². The first-order chi connectivity index (χ1) is 14.1. The summed E-state index contributed by atoms with van der Waals surface area (Å²) in [5.74, 6) is 0.457. The minimum absolute atomic E-state index is 0.0211. The van der Waals surface area contributed by atoms with Crippen LogP contribution in [0.15, 0.2) is 53.4 Å². The van der Waals surface area contributed by atoms with Gasteiger partial charge in [0, 0.05) is 50.2 Å². The van der Waals surface area contributed by atoms with Gasteiger partial charge in [0.1, 0.15) is 5.82 Å². The number of nitrogens with zero attached hydrogens (tertiary/aromatic N) is 2. The molecule has 0 saturated heterocycles. The van der Waals surface area contributed by atoms with Crippen molar-refractivity contribution in [3.05, 3.63) is 54.3 Å². The van der Waals surface area contributed by atoms with Gasteiger partial charge in [-0.2, -0.15) is 0 Å². The topological polar surface area (TPSA) is 52.7 Å². The zero-order valence-electron chi connectivity index (χ0n) is 16.6. The van der Waals surface area contributed by atoms with E-state index in [9.17, 15) is 14.0 Å². The number of anilines is 2. The number of amides is 2. The van der Waals surface area contributed by atoms with E-state index in [1.165, 1.54) is 6.07 Å². The van der Waals surface area contributed by atoms with Crippen LogP contribution in [0.25, 0.3) is 0 Å². The summed E-state index contributed by atoms with van der Waals surface area (Å²) in [7, 11) is 1.83. The molecule has 0 fully saturated rings.